The molecule has 1 fully saturated rings. The molecule has 0 amide bonds. The third-order valence-corrected chi connectivity index (χ3v) is 4.15. The van der Waals surface area contributed by atoms with Gasteiger partial charge in [-0.2, -0.15) is 0 Å². The summed E-state index contributed by atoms with van der Waals surface area (Å²) in [6.07, 6.45) is 8.62. The van der Waals surface area contributed by atoms with E-state index in [2.05, 4.69) is 19.1 Å². The molecule has 0 atom stereocenters. The highest BCUT2D eigenvalue weighted by molar-refractivity contribution is 5.78. The minimum absolute atomic E-state index is 0.274. The van der Waals surface area contributed by atoms with Gasteiger partial charge in [-0.3, -0.25) is 4.79 Å². The second-order valence-electron chi connectivity index (χ2n) is 4.90. The topological polar surface area (TPSA) is 17.1 Å². The van der Waals surface area contributed by atoms with Gasteiger partial charge in [0.1, 0.15) is 6.29 Å². The second-order valence-corrected chi connectivity index (χ2v) is 4.90. The van der Waals surface area contributed by atoms with E-state index in [0.717, 1.165) is 18.3 Å². The van der Waals surface area contributed by atoms with Crippen molar-refractivity contribution in [1.82, 2.24) is 0 Å². The largest absolute Gasteiger partial charge is 0.298 e. The lowest BCUT2D eigenvalue weighted by molar-refractivity contribution is 0.111. The molecule has 16 heavy (non-hydrogen) atoms. The maximum atomic E-state index is 11.1. The van der Waals surface area contributed by atoms with Crippen molar-refractivity contribution < 1.29 is 4.79 Å². The molecule has 0 spiro atoms. The molecule has 1 aromatic carbocycles. The Morgan fingerprint density at radius 3 is 2.50 bits per heavy atom. The van der Waals surface area contributed by atoms with E-state index in [1.54, 1.807) is 0 Å². The first-order chi connectivity index (χ1) is 7.82. The average molecular weight is 216 g/mol. The molecule has 0 unspecified atom stereocenters. The molecule has 0 aromatic heterocycles. The van der Waals surface area contributed by atoms with Crippen molar-refractivity contribution in [3.63, 3.8) is 0 Å². The van der Waals surface area contributed by atoms with Gasteiger partial charge in [-0.25, -0.2) is 0 Å². The van der Waals surface area contributed by atoms with Crippen molar-refractivity contribution in [2.75, 3.05) is 0 Å². The molecule has 1 aliphatic carbocycles. The standard InChI is InChI=1S/C15H20O/c1-2-15(10-6-3-7-11-15)14-9-5-4-8-13(14)12-16/h4-5,8-9,12H,2-3,6-7,10-11H2,1H3. The average Bonchev–Trinajstić information content (AvgIpc) is 2.39. The van der Waals surface area contributed by atoms with Crippen molar-refractivity contribution in [2.45, 2.75) is 50.9 Å². The zero-order chi connectivity index (χ0) is 11.4. The van der Waals surface area contributed by atoms with E-state index in [1.165, 1.54) is 37.7 Å². The highest BCUT2D eigenvalue weighted by atomic mass is 16.1. The van der Waals surface area contributed by atoms with Gasteiger partial charge in [0.2, 0.25) is 0 Å². The van der Waals surface area contributed by atoms with Crippen LogP contribution in [0.5, 0.6) is 0 Å². The first kappa shape index (κ1) is 11.4. The van der Waals surface area contributed by atoms with Crippen LogP contribution in [0.25, 0.3) is 0 Å². The minimum atomic E-state index is 0.274. The van der Waals surface area contributed by atoms with Crippen LogP contribution in [-0.2, 0) is 5.41 Å². The van der Waals surface area contributed by atoms with Gasteiger partial charge in [-0.15, -0.1) is 0 Å². The van der Waals surface area contributed by atoms with Crippen LogP contribution in [0.15, 0.2) is 24.3 Å². The van der Waals surface area contributed by atoms with Crippen LogP contribution < -0.4 is 0 Å². The molecule has 1 heteroatoms. The van der Waals surface area contributed by atoms with Crippen molar-refractivity contribution in [3.05, 3.63) is 35.4 Å². The van der Waals surface area contributed by atoms with E-state index in [1.807, 2.05) is 12.1 Å². The maximum Gasteiger partial charge on any atom is 0.150 e. The fraction of sp³-hybridized carbons (Fsp3) is 0.533. The predicted octanol–water partition coefficient (Wildman–Crippen LogP) is 4.11. The Kier molecular flexibility index (Phi) is 3.42. The zero-order valence-electron chi connectivity index (χ0n) is 10.0. The Morgan fingerprint density at radius 1 is 1.19 bits per heavy atom. The lowest BCUT2D eigenvalue weighted by atomic mass is 9.67. The summed E-state index contributed by atoms with van der Waals surface area (Å²) < 4.78 is 0. The molecular weight excluding hydrogens is 196 g/mol. The monoisotopic (exact) mass is 216 g/mol. The van der Waals surface area contributed by atoms with Crippen molar-refractivity contribution in [1.29, 1.82) is 0 Å². The molecule has 1 aliphatic rings. The van der Waals surface area contributed by atoms with Crippen LogP contribution in [0, 0.1) is 0 Å². The third-order valence-electron chi connectivity index (χ3n) is 4.15. The predicted molar refractivity (Wildman–Crippen MR) is 66.9 cm³/mol. The lowest BCUT2D eigenvalue weighted by Crippen LogP contribution is -2.29. The number of carbonyl (C=O) groups excluding carboxylic acids is 1. The normalized spacial score (nSPS) is 19.3. The molecular formula is C15H20O. The van der Waals surface area contributed by atoms with E-state index in [-0.39, 0.29) is 5.41 Å². The van der Waals surface area contributed by atoms with Gasteiger partial charge in [0.15, 0.2) is 0 Å². The Balaban J connectivity index is 2.42. The van der Waals surface area contributed by atoms with Crippen LogP contribution >= 0.6 is 0 Å². The molecule has 2 rings (SSSR count). The Hall–Kier alpha value is -1.11. The third kappa shape index (κ3) is 1.91. The van der Waals surface area contributed by atoms with E-state index in [4.69, 9.17) is 0 Å². The highest BCUT2D eigenvalue weighted by Crippen LogP contribution is 2.42. The van der Waals surface area contributed by atoms with Crippen LogP contribution in [0.1, 0.15) is 61.4 Å². The van der Waals surface area contributed by atoms with Crippen LogP contribution in [0.2, 0.25) is 0 Å². The van der Waals surface area contributed by atoms with E-state index in [9.17, 15) is 4.79 Å². The van der Waals surface area contributed by atoms with Crippen molar-refractivity contribution in [2.24, 2.45) is 0 Å². The highest BCUT2D eigenvalue weighted by Gasteiger charge is 2.33. The fourth-order valence-electron chi connectivity index (χ4n) is 3.12. The molecule has 1 nitrogen and oxygen atoms in total. The van der Waals surface area contributed by atoms with Gasteiger partial charge in [-0.1, -0.05) is 50.5 Å². The van der Waals surface area contributed by atoms with Gasteiger partial charge in [0.25, 0.3) is 0 Å². The Bertz CT molecular complexity index is 361. The second kappa shape index (κ2) is 4.82. The van der Waals surface area contributed by atoms with Crippen molar-refractivity contribution >= 4 is 6.29 Å². The van der Waals surface area contributed by atoms with E-state index in [0.29, 0.717) is 0 Å². The molecule has 0 radical (unpaired) electrons. The molecule has 0 N–H and O–H groups in total. The Labute approximate surface area is 97.9 Å². The smallest absolute Gasteiger partial charge is 0.150 e. The summed E-state index contributed by atoms with van der Waals surface area (Å²) in [7, 11) is 0. The van der Waals surface area contributed by atoms with Crippen LogP contribution in [-0.4, -0.2) is 6.29 Å². The number of hydrogen-bond donors (Lipinski definition) is 0. The summed E-state index contributed by atoms with van der Waals surface area (Å²) in [5.41, 5.74) is 2.45. The quantitative estimate of drug-likeness (QED) is 0.695. The van der Waals surface area contributed by atoms with Crippen molar-refractivity contribution in [3.8, 4) is 0 Å². The SMILES string of the molecule is CCC1(c2ccccc2C=O)CCCCC1. The first-order valence-electron chi connectivity index (χ1n) is 6.37. The molecule has 1 aromatic rings. The molecule has 86 valence electrons. The van der Waals surface area contributed by atoms with Crippen LogP contribution in [0.3, 0.4) is 0 Å². The lowest BCUT2D eigenvalue weighted by Gasteiger charge is -2.38. The summed E-state index contributed by atoms with van der Waals surface area (Å²) in [6, 6.07) is 8.13. The number of aldehydes is 1. The fourth-order valence-corrected chi connectivity index (χ4v) is 3.12. The number of benzene rings is 1. The van der Waals surface area contributed by atoms with Gasteiger partial charge in [-0.05, 0) is 30.2 Å². The van der Waals surface area contributed by atoms with Gasteiger partial charge in [0.05, 0.1) is 0 Å². The molecule has 1 saturated carbocycles. The maximum absolute atomic E-state index is 11.1. The summed E-state index contributed by atoms with van der Waals surface area (Å²) in [5.74, 6) is 0. The number of hydrogen-bond acceptors (Lipinski definition) is 1. The number of carbonyl (C=O) groups is 1. The van der Waals surface area contributed by atoms with E-state index < -0.39 is 0 Å². The van der Waals surface area contributed by atoms with Gasteiger partial charge in [0, 0.05) is 5.56 Å². The number of rotatable bonds is 3. The van der Waals surface area contributed by atoms with Gasteiger partial charge < -0.3 is 0 Å². The first-order valence-corrected chi connectivity index (χ1v) is 6.37. The van der Waals surface area contributed by atoms with Crippen LogP contribution in [0.4, 0.5) is 0 Å². The molecule has 0 heterocycles. The minimum Gasteiger partial charge on any atom is -0.298 e. The summed E-state index contributed by atoms with van der Waals surface area (Å²) in [4.78, 5) is 11.1. The molecule has 0 aliphatic heterocycles. The summed E-state index contributed by atoms with van der Waals surface area (Å²) in [5, 5.41) is 0. The summed E-state index contributed by atoms with van der Waals surface area (Å²) >= 11 is 0. The molecule has 0 saturated heterocycles. The van der Waals surface area contributed by atoms with Gasteiger partial charge >= 0.3 is 0 Å². The molecule has 0 bridgehead atoms. The Morgan fingerprint density at radius 2 is 1.88 bits per heavy atom. The summed E-state index contributed by atoms with van der Waals surface area (Å²) in [6.45, 7) is 2.26. The zero-order valence-corrected chi connectivity index (χ0v) is 10.0. The van der Waals surface area contributed by atoms with E-state index >= 15 is 0 Å².